The third kappa shape index (κ3) is 6.39. The molecule has 106 valence electrons. The average molecular weight is 262 g/mol. The molecule has 0 atom stereocenters. The number of hydrogen-bond donors (Lipinski definition) is 1. The first kappa shape index (κ1) is 15.7. The van der Waals surface area contributed by atoms with Crippen LogP contribution in [0.1, 0.15) is 38.1 Å². The summed E-state index contributed by atoms with van der Waals surface area (Å²) in [6, 6.07) is 4.01. The normalized spacial score (nSPS) is 10.7. The molecule has 1 aromatic heterocycles. The van der Waals surface area contributed by atoms with Crippen LogP contribution in [0.15, 0.2) is 24.8 Å². The van der Waals surface area contributed by atoms with Gasteiger partial charge in [0, 0.05) is 12.2 Å². The van der Waals surface area contributed by atoms with Crippen LogP contribution in [0, 0.1) is 12.8 Å². The Bertz CT molecular complexity index is 388. The predicted molar refractivity (Wildman–Crippen MR) is 80.4 cm³/mol. The highest BCUT2D eigenvalue weighted by Crippen LogP contribution is 2.17. The molecule has 0 unspecified atom stereocenters. The van der Waals surface area contributed by atoms with Crippen molar-refractivity contribution in [3.05, 3.63) is 36.2 Å². The number of allylic oxidation sites excluding steroid dienone is 1. The van der Waals surface area contributed by atoms with E-state index in [-0.39, 0.29) is 0 Å². The monoisotopic (exact) mass is 262 g/mol. The van der Waals surface area contributed by atoms with Crippen molar-refractivity contribution >= 4 is 0 Å². The van der Waals surface area contributed by atoms with Gasteiger partial charge in [0.25, 0.3) is 0 Å². The Balaban J connectivity index is 2.55. The van der Waals surface area contributed by atoms with Crippen LogP contribution in [-0.2, 0) is 6.54 Å². The molecular formula is C16H26N2O. The van der Waals surface area contributed by atoms with Gasteiger partial charge < -0.3 is 10.1 Å². The number of pyridine rings is 1. The molecule has 3 nitrogen and oxygen atoms in total. The van der Waals surface area contributed by atoms with E-state index in [0.717, 1.165) is 43.1 Å². The van der Waals surface area contributed by atoms with Gasteiger partial charge in [-0.05, 0) is 44.4 Å². The highest BCUT2D eigenvalue weighted by Gasteiger charge is 2.06. The molecule has 0 bridgehead atoms. The molecule has 1 heterocycles. The Kier molecular flexibility index (Phi) is 7.19. The number of aromatic nitrogens is 1. The van der Waals surface area contributed by atoms with Gasteiger partial charge in [-0.3, -0.25) is 4.98 Å². The zero-order chi connectivity index (χ0) is 14.1. The van der Waals surface area contributed by atoms with Gasteiger partial charge in [-0.25, -0.2) is 0 Å². The van der Waals surface area contributed by atoms with Gasteiger partial charge in [0.15, 0.2) is 0 Å². The summed E-state index contributed by atoms with van der Waals surface area (Å²) in [6.07, 6.45) is 3.90. The molecular weight excluding hydrogens is 236 g/mol. The van der Waals surface area contributed by atoms with E-state index in [4.69, 9.17) is 4.74 Å². The predicted octanol–water partition coefficient (Wildman–Crippen LogP) is 3.48. The Hall–Kier alpha value is -1.35. The van der Waals surface area contributed by atoms with E-state index in [1.807, 2.05) is 25.1 Å². The molecule has 0 aliphatic rings. The van der Waals surface area contributed by atoms with E-state index in [1.165, 1.54) is 0 Å². The highest BCUT2D eigenvalue weighted by atomic mass is 16.5. The second kappa shape index (κ2) is 8.70. The molecule has 0 saturated carbocycles. The lowest BCUT2D eigenvalue weighted by Crippen LogP contribution is -2.20. The Morgan fingerprint density at radius 3 is 2.89 bits per heavy atom. The van der Waals surface area contributed by atoms with E-state index < -0.39 is 0 Å². The number of hydrogen-bond acceptors (Lipinski definition) is 3. The second-order valence-electron chi connectivity index (χ2n) is 5.20. The van der Waals surface area contributed by atoms with Crippen molar-refractivity contribution in [2.45, 2.75) is 40.2 Å². The van der Waals surface area contributed by atoms with E-state index in [9.17, 15) is 0 Å². The van der Waals surface area contributed by atoms with E-state index in [0.29, 0.717) is 12.5 Å². The van der Waals surface area contributed by atoms with Gasteiger partial charge in [0.05, 0.1) is 12.3 Å². The first-order valence-electron chi connectivity index (χ1n) is 7.04. The number of nitrogens with one attached hydrogen (secondary N) is 1. The summed E-state index contributed by atoms with van der Waals surface area (Å²) < 4.78 is 5.80. The molecule has 0 amide bonds. The van der Waals surface area contributed by atoms with Crippen molar-refractivity contribution < 1.29 is 4.74 Å². The van der Waals surface area contributed by atoms with Gasteiger partial charge in [-0.2, -0.15) is 0 Å². The summed E-state index contributed by atoms with van der Waals surface area (Å²) in [5.74, 6) is 1.53. The third-order valence-electron chi connectivity index (χ3n) is 2.73. The summed E-state index contributed by atoms with van der Waals surface area (Å²) >= 11 is 0. The summed E-state index contributed by atoms with van der Waals surface area (Å²) in [4.78, 5) is 4.56. The molecule has 1 aromatic rings. The topological polar surface area (TPSA) is 34.1 Å². The maximum absolute atomic E-state index is 5.80. The van der Waals surface area contributed by atoms with Crippen LogP contribution in [-0.4, -0.2) is 18.1 Å². The third-order valence-corrected chi connectivity index (χ3v) is 2.73. The van der Waals surface area contributed by atoms with Crippen LogP contribution in [0.25, 0.3) is 0 Å². The maximum atomic E-state index is 5.80. The molecule has 0 aromatic carbocycles. The fourth-order valence-corrected chi connectivity index (χ4v) is 1.74. The van der Waals surface area contributed by atoms with Crippen LogP contribution in [0.2, 0.25) is 0 Å². The van der Waals surface area contributed by atoms with Crippen molar-refractivity contribution in [1.82, 2.24) is 10.3 Å². The SMILES string of the molecule is C=CCCCOc1ccc(C)nc1CNCC(C)C. The Labute approximate surface area is 117 Å². The van der Waals surface area contributed by atoms with Crippen molar-refractivity contribution in [2.75, 3.05) is 13.2 Å². The van der Waals surface area contributed by atoms with E-state index in [1.54, 1.807) is 0 Å². The minimum atomic E-state index is 0.641. The molecule has 0 aliphatic carbocycles. The van der Waals surface area contributed by atoms with Gasteiger partial charge >= 0.3 is 0 Å². The molecule has 19 heavy (non-hydrogen) atoms. The number of nitrogens with zero attached hydrogens (tertiary/aromatic N) is 1. The molecule has 1 N–H and O–H groups in total. The van der Waals surface area contributed by atoms with Crippen LogP contribution in [0.5, 0.6) is 5.75 Å². The lowest BCUT2D eigenvalue weighted by atomic mass is 10.2. The fourth-order valence-electron chi connectivity index (χ4n) is 1.74. The maximum Gasteiger partial charge on any atom is 0.142 e. The quantitative estimate of drug-likeness (QED) is 0.546. The first-order valence-corrected chi connectivity index (χ1v) is 7.04. The van der Waals surface area contributed by atoms with Crippen LogP contribution >= 0.6 is 0 Å². The van der Waals surface area contributed by atoms with Crippen molar-refractivity contribution in [2.24, 2.45) is 5.92 Å². The smallest absolute Gasteiger partial charge is 0.142 e. The molecule has 0 saturated heterocycles. The Morgan fingerprint density at radius 2 is 2.21 bits per heavy atom. The van der Waals surface area contributed by atoms with Gasteiger partial charge in [-0.15, -0.1) is 6.58 Å². The van der Waals surface area contributed by atoms with Crippen molar-refractivity contribution in [1.29, 1.82) is 0 Å². The van der Waals surface area contributed by atoms with E-state index in [2.05, 4.69) is 30.7 Å². The lowest BCUT2D eigenvalue weighted by molar-refractivity contribution is 0.306. The van der Waals surface area contributed by atoms with Crippen LogP contribution in [0.3, 0.4) is 0 Å². The molecule has 1 rings (SSSR count). The number of ether oxygens (including phenoxy) is 1. The summed E-state index contributed by atoms with van der Waals surface area (Å²) in [7, 11) is 0. The highest BCUT2D eigenvalue weighted by molar-refractivity contribution is 5.29. The van der Waals surface area contributed by atoms with Gasteiger partial charge in [0.2, 0.25) is 0 Å². The summed E-state index contributed by atoms with van der Waals surface area (Å²) in [5, 5.41) is 3.41. The molecule has 0 aliphatic heterocycles. The van der Waals surface area contributed by atoms with Gasteiger partial charge in [-0.1, -0.05) is 19.9 Å². The number of rotatable bonds is 9. The first-order chi connectivity index (χ1) is 9.13. The molecule has 0 radical (unpaired) electrons. The van der Waals surface area contributed by atoms with Crippen molar-refractivity contribution in [3.63, 3.8) is 0 Å². The second-order valence-corrected chi connectivity index (χ2v) is 5.20. The fraction of sp³-hybridized carbons (Fsp3) is 0.562. The van der Waals surface area contributed by atoms with Gasteiger partial charge in [0.1, 0.15) is 5.75 Å². The van der Waals surface area contributed by atoms with Crippen LogP contribution < -0.4 is 10.1 Å². The minimum Gasteiger partial charge on any atom is -0.492 e. The minimum absolute atomic E-state index is 0.641. The largest absolute Gasteiger partial charge is 0.492 e. The standard InChI is InChI=1S/C16H26N2O/c1-5-6-7-10-19-16-9-8-14(4)18-15(16)12-17-11-13(2)3/h5,8-9,13,17H,1,6-7,10-12H2,2-4H3. The Morgan fingerprint density at radius 1 is 1.42 bits per heavy atom. The van der Waals surface area contributed by atoms with E-state index >= 15 is 0 Å². The zero-order valence-corrected chi connectivity index (χ0v) is 12.4. The zero-order valence-electron chi connectivity index (χ0n) is 12.4. The summed E-state index contributed by atoms with van der Waals surface area (Å²) in [5.41, 5.74) is 2.03. The van der Waals surface area contributed by atoms with Crippen LogP contribution in [0.4, 0.5) is 0 Å². The average Bonchev–Trinajstić information content (AvgIpc) is 2.36. The number of unbranched alkanes of at least 4 members (excludes halogenated alkanes) is 1. The molecule has 0 fully saturated rings. The van der Waals surface area contributed by atoms with Crippen molar-refractivity contribution in [3.8, 4) is 5.75 Å². The summed E-state index contributed by atoms with van der Waals surface area (Å²) in [6.45, 7) is 12.6. The number of aryl methyl sites for hydroxylation is 1. The lowest BCUT2D eigenvalue weighted by Gasteiger charge is -2.13. The molecule has 3 heteroatoms. The molecule has 0 spiro atoms.